The Labute approximate surface area is 145 Å². The van der Waals surface area contributed by atoms with E-state index in [9.17, 15) is 4.79 Å². The highest BCUT2D eigenvalue weighted by Gasteiger charge is 2.12. The molecule has 0 saturated carbocycles. The summed E-state index contributed by atoms with van der Waals surface area (Å²) < 4.78 is 17.4. The van der Waals surface area contributed by atoms with Gasteiger partial charge in [-0.15, -0.1) is 0 Å². The number of ether oxygens (including phenoxy) is 3. The van der Waals surface area contributed by atoms with E-state index < -0.39 is 5.97 Å². The lowest BCUT2D eigenvalue weighted by Crippen LogP contribution is -2.13. The lowest BCUT2D eigenvalue weighted by Gasteiger charge is -2.09. The summed E-state index contributed by atoms with van der Waals surface area (Å²) in [6.07, 6.45) is 0. The van der Waals surface area contributed by atoms with Crippen molar-refractivity contribution in [1.82, 2.24) is 0 Å². The third-order valence-electron chi connectivity index (χ3n) is 2.77. The van der Waals surface area contributed by atoms with Crippen LogP contribution in [0.2, 0.25) is 0 Å². The van der Waals surface area contributed by atoms with Gasteiger partial charge in [-0.2, -0.15) is 0 Å². The molecule has 0 N–H and O–H groups in total. The van der Waals surface area contributed by atoms with Crippen molar-refractivity contribution in [3.8, 4) is 11.5 Å². The lowest BCUT2D eigenvalue weighted by molar-refractivity contribution is 0.0449. The van der Waals surface area contributed by atoms with Gasteiger partial charge in [0, 0.05) is 8.95 Å². The number of halogens is 2. The number of rotatable bonds is 6. The molecule has 0 amide bonds. The molecule has 0 unspecified atom stereocenters. The predicted octanol–water partition coefficient (Wildman–Crippen LogP) is 4.46. The second-order valence-electron chi connectivity index (χ2n) is 4.29. The quantitative estimate of drug-likeness (QED) is 0.502. The summed E-state index contributed by atoms with van der Waals surface area (Å²) in [4.78, 5) is 12.0. The summed E-state index contributed by atoms with van der Waals surface area (Å²) in [5, 5.41) is 0. The molecule has 4 nitrogen and oxygen atoms in total. The minimum absolute atomic E-state index is 0.162. The normalized spacial score (nSPS) is 10.1. The summed E-state index contributed by atoms with van der Waals surface area (Å²) in [6, 6.07) is 12.6. The van der Waals surface area contributed by atoms with Crippen LogP contribution in [0.1, 0.15) is 10.4 Å². The summed E-state index contributed by atoms with van der Waals surface area (Å²) in [5.41, 5.74) is 0.418. The number of carbonyl (C=O) groups excluding carboxylic acids is 1. The summed E-state index contributed by atoms with van der Waals surface area (Å²) in [5.74, 6) is 0.886. The monoisotopic (exact) mass is 428 g/mol. The molecule has 0 aromatic heterocycles. The van der Waals surface area contributed by atoms with Crippen LogP contribution in [0.5, 0.6) is 11.5 Å². The second kappa shape index (κ2) is 8.19. The molecule has 0 spiro atoms. The Bertz CT molecular complexity index is 658. The molecule has 0 aliphatic heterocycles. The van der Waals surface area contributed by atoms with Crippen LogP contribution >= 0.6 is 31.9 Å². The molecule has 0 radical (unpaired) electrons. The summed E-state index contributed by atoms with van der Waals surface area (Å²) >= 11 is 6.69. The predicted molar refractivity (Wildman–Crippen MR) is 90.6 cm³/mol. The van der Waals surface area contributed by atoms with Gasteiger partial charge in [0.2, 0.25) is 0 Å². The van der Waals surface area contributed by atoms with Crippen molar-refractivity contribution < 1.29 is 19.0 Å². The third-order valence-corrected chi connectivity index (χ3v) is 3.96. The first-order valence-corrected chi connectivity index (χ1v) is 8.08. The Balaban J connectivity index is 1.85. The molecule has 0 atom stereocenters. The molecule has 0 saturated heterocycles. The highest BCUT2D eigenvalue weighted by molar-refractivity contribution is 9.10. The Morgan fingerprint density at radius 2 is 1.86 bits per heavy atom. The molecule has 0 aliphatic carbocycles. The SMILES string of the molecule is COc1ccc(Br)c(C(=O)OCCOc2cccc(Br)c2)c1. The van der Waals surface area contributed by atoms with Gasteiger partial charge in [-0.25, -0.2) is 4.79 Å². The van der Waals surface area contributed by atoms with Gasteiger partial charge in [-0.3, -0.25) is 0 Å². The van der Waals surface area contributed by atoms with Crippen LogP contribution < -0.4 is 9.47 Å². The van der Waals surface area contributed by atoms with E-state index in [1.54, 1.807) is 25.3 Å². The average molecular weight is 430 g/mol. The van der Waals surface area contributed by atoms with Gasteiger partial charge in [0.1, 0.15) is 24.7 Å². The Morgan fingerprint density at radius 3 is 2.59 bits per heavy atom. The van der Waals surface area contributed by atoms with Crippen LogP contribution in [0.4, 0.5) is 0 Å². The van der Waals surface area contributed by atoms with Crippen molar-refractivity contribution >= 4 is 37.8 Å². The standard InChI is InChI=1S/C16H14Br2O4/c1-20-12-5-6-15(18)14(10-12)16(19)22-8-7-21-13-4-2-3-11(17)9-13/h2-6,9-10H,7-8H2,1H3. The fourth-order valence-corrected chi connectivity index (χ4v) is 2.50. The number of benzene rings is 2. The molecule has 6 heteroatoms. The van der Waals surface area contributed by atoms with Crippen LogP contribution in [0.25, 0.3) is 0 Å². The maximum atomic E-state index is 12.0. The van der Waals surface area contributed by atoms with E-state index in [0.717, 1.165) is 4.47 Å². The smallest absolute Gasteiger partial charge is 0.339 e. The third kappa shape index (κ3) is 4.74. The zero-order valence-electron chi connectivity index (χ0n) is 11.8. The largest absolute Gasteiger partial charge is 0.497 e. The van der Waals surface area contributed by atoms with Crippen molar-refractivity contribution in [2.45, 2.75) is 0 Å². The Kier molecular flexibility index (Phi) is 6.27. The maximum absolute atomic E-state index is 12.0. The van der Waals surface area contributed by atoms with Gasteiger partial charge < -0.3 is 14.2 Å². The molecule has 116 valence electrons. The van der Waals surface area contributed by atoms with Crippen molar-refractivity contribution in [2.75, 3.05) is 20.3 Å². The van der Waals surface area contributed by atoms with Gasteiger partial charge in [0.25, 0.3) is 0 Å². The van der Waals surface area contributed by atoms with E-state index in [1.165, 1.54) is 0 Å². The van der Waals surface area contributed by atoms with E-state index in [4.69, 9.17) is 14.2 Å². The number of hydrogen-bond donors (Lipinski definition) is 0. The number of carbonyl (C=O) groups is 1. The molecule has 0 aliphatic rings. The molecule has 0 heterocycles. The van der Waals surface area contributed by atoms with E-state index in [2.05, 4.69) is 31.9 Å². The topological polar surface area (TPSA) is 44.8 Å². The van der Waals surface area contributed by atoms with Crippen molar-refractivity contribution in [3.63, 3.8) is 0 Å². The van der Waals surface area contributed by atoms with Crippen LogP contribution in [0.3, 0.4) is 0 Å². The van der Waals surface area contributed by atoms with Crippen molar-refractivity contribution in [3.05, 3.63) is 57.0 Å². The number of hydrogen-bond acceptors (Lipinski definition) is 4. The van der Waals surface area contributed by atoms with Gasteiger partial charge >= 0.3 is 5.97 Å². The summed E-state index contributed by atoms with van der Waals surface area (Å²) in [6.45, 7) is 0.443. The van der Waals surface area contributed by atoms with E-state index in [-0.39, 0.29) is 13.2 Å². The average Bonchev–Trinajstić information content (AvgIpc) is 2.52. The minimum atomic E-state index is -0.427. The van der Waals surface area contributed by atoms with Gasteiger partial charge in [-0.05, 0) is 52.3 Å². The van der Waals surface area contributed by atoms with E-state index in [1.807, 2.05) is 24.3 Å². The van der Waals surface area contributed by atoms with Gasteiger partial charge in [0.15, 0.2) is 0 Å². The molecule has 2 rings (SSSR count). The molecule has 2 aromatic carbocycles. The molecule has 0 fully saturated rings. The minimum Gasteiger partial charge on any atom is -0.497 e. The van der Waals surface area contributed by atoms with Crippen molar-refractivity contribution in [1.29, 1.82) is 0 Å². The Hall–Kier alpha value is -1.53. The molecule has 22 heavy (non-hydrogen) atoms. The molecular formula is C16H14Br2O4. The summed E-state index contributed by atoms with van der Waals surface area (Å²) in [7, 11) is 1.55. The first-order chi connectivity index (χ1) is 10.6. The van der Waals surface area contributed by atoms with Crippen LogP contribution in [0, 0.1) is 0 Å². The van der Waals surface area contributed by atoms with Crippen molar-refractivity contribution in [2.24, 2.45) is 0 Å². The van der Waals surface area contributed by atoms with Gasteiger partial charge in [0.05, 0.1) is 12.7 Å². The van der Waals surface area contributed by atoms with E-state index in [0.29, 0.717) is 21.5 Å². The zero-order valence-corrected chi connectivity index (χ0v) is 15.0. The fourth-order valence-electron chi connectivity index (χ4n) is 1.72. The highest BCUT2D eigenvalue weighted by Crippen LogP contribution is 2.23. The highest BCUT2D eigenvalue weighted by atomic mass is 79.9. The number of methoxy groups -OCH3 is 1. The molecule has 2 aromatic rings. The Morgan fingerprint density at radius 1 is 1.05 bits per heavy atom. The molecule has 0 bridgehead atoms. The van der Waals surface area contributed by atoms with Crippen LogP contribution in [-0.4, -0.2) is 26.3 Å². The van der Waals surface area contributed by atoms with Gasteiger partial charge in [-0.1, -0.05) is 22.0 Å². The lowest BCUT2D eigenvalue weighted by atomic mass is 10.2. The zero-order chi connectivity index (χ0) is 15.9. The van der Waals surface area contributed by atoms with Crippen LogP contribution in [-0.2, 0) is 4.74 Å². The van der Waals surface area contributed by atoms with E-state index >= 15 is 0 Å². The fraction of sp³-hybridized carbons (Fsp3) is 0.188. The molecular weight excluding hydrogens is 416 g/mol. The first-order valence-electron chi connectivity index (χ1n) is 6.49. The maximum Gasteiger partial charge on any atom is 0.339 e. The first kappa shape index (κ1) is 16.8. The van der Waals surface area contributed by atoms with Crippen LogP contribution in [0.15, 0.2) is 51.4 Å². The number of esters is 1. The second-order valence-corrected chi connectivity index (χ2v) is 6.06.